The number of halogens is 1. The Morgan fingerprint density at radius 1 is 1.09 bits per heavy atom. The fourth-order valence-electron chi connectivity index (χ4n) is 1.78. The Hall–Kier alpha value is -2.62. The minimum absolute atomic E-state index is 0.263. The predicted molar refractivity (Wildman–Crippen MR) is 82.8 cm³/mol. The molecule has 0 aromatic heterocycles. The fourth-order valence-corrected chi connectivity index (χ4v) is 1.78. The van der Waals surface area contributed by atoms with E-state index >= 15 is 0 Å². The molecule has 0 spiro atoms. The van der Waals surface area contributed by atoms with Crippen LogP contribution in [0.2, 0.25) is 0 Å². The molecule has 0 unspecified atom stereocenters. The van der Waals surface area contributed by atoms with Crippen molar-refractivity contribution < 1.29 is 18.7 Å². The molecule has 0 aliphatic carbocycles. The third-order valence-electron chi connectivity index (χ3n) is 2.90. The molecule has 0 amide bonds. The lowest BCUT2D eigenvalue weighted by Gasteiger charge is -2.06. The van der Waals surface area contributed by atoms with Crippen molar-refractivity contribution in [1.29, 1.82) is 0 Å². The second-order valence-electron chi connectivity index (χ2n) is 4.57. The molecular weight excluding hydrogens is 283 g/mol. The number of esters is 1. The second kappa shape index (κ2) is 7.98. The first-order valence-electron chi connectivity index (χ1n) is 6.99. The molecule has 0 aliphatic rings. The van der Waals surface area contributed by atoms with Crippen LogP contribution in [0.5, 0.6) is 5.75 Å². The molecule has 2 aromatic rings. The molecule has 0 radical (unpaired) electrons. The van der Waals surface area contributed by atoms with Crippen LogP contribution in [0.25, 0.3) is 6.08 Å². The zero-order valence-electron chi connectivity index (χ0n) is 12.3. The third kappa shape index (κ3) is 5.05. The van der Waals surface area contributed by atoms with E-state index in [9.17, 15) is 9.18 Å². The monoisotopic (exact) mass is 300 g/mol. The average molecular weight is 300 g/mol. The lowest BCUT2D eigenvalue weighted by molar-refractivity contribution is -0.137. The van der Waals surface area contributed by atoms with Crippen molar-refractivity contribution >= 4 is 12.0 Å². The summed E-state index contributed by atoms with van der Waals surface area (Å²) in [5.74, 6) is 0.0817. The molecule has 4 heteroatoms. The predicted octanol–water partition coefficient (Wildman–Crippen LogP) is 3.98. The van der Waals surface area contributed by atoms with Crippen molar-refractivity contribution in [1.82, 2.24) is 0 Å². The number of hydrogen-bond acceptors (Lipinski definition) is 3. The van der Waals surface area contributed by atoms with E-state index in [1.165, 1.54) is 18.2 Å². The molecule has 0 saturated carbocycles. The number of benzene rings is 2. The van der Waals surface area contributed by atoms with Crippen LogP contribution in [0.4, 0.5) is 4.39 Å². The number of carbonyl (C=O) groups excluding carboxylic acids is 1. The largest absolute Gasteiger partial charge is 0.489 e. The molecular formula is C18H17FO3. The van der Waals surface area contributed by atoms with Gasteiger partial charge in [0.2, 0.25) is 0 Å². The van der Waals surface area contributed by atoms with Crippen LogP contribution in [-0.2, 0) is 16.1 Å². The zero-order chi connectivity index (χ0) is 15.8. The van der Waals surface area contributed by atoms with Crippen molar-refractivity contribution in [3.8, 4) is 5.75 Å². The maximum atomic E-state index is 12.8. The smallest absolute Gasteiger partial charge is 0.330 e. The van der Waals surface area contributed by atoms with Crippen LogP contribution in [0.15, 0.2) is 54.6 Å². The van der Waals surface area contributed by atoms with E-state index in [1.54, 1.807) is 25.1 Å². The van der Waals surface area contributed by atoms with E-state index in [4.69, 9.17) is 9.47 Å². The summed E-state index contributed by atoms with van der Waals surface area (Å²) in [5, 5.41) is 0. The SMILES string of the molecule is CCOC(=O)C=Cc1ccc(OCc2ccc(F)cc2)cc1. The van der Waals surface area contributed by atoms with Crippen LogP contribution < -0.4 is 4.74 Å². The van der Waals surface area contributed by atoms with E-state index in [2.05, 4.69) is 0 Å². The summed E-state index contributed by atoms with van der Waals surface area (Å²) >= 11 is 0. The standard InChI is InChI=1S/C18H17FO3/c1-2-21-18(20)12-7-14-5-10-17(11-6-14)22-13-15-3-8-16(19)9-4-15/h3-12H,2,13H2,1H3. The molecule has 2 rings (SSSR count). The van der Waals surface area contributed by atoms with Gasteiger partial charge in [0.1, 0.15) is 18.2 Å². The van der Waals surface area contributed by atoms with Crippen molar-refractivity contribution in [2.24, 2.45) is 0 Å². The summed E-state index contributed by atoms with van der Waals surface area (Å²) in [5.41, 5.74) is 1.77. The summed E-state index contributed by atoms with van der Waals surface area (Å²) in [6, 6.07) is 13.5. The summed E-state index contributed by atoms with van der Waals surface area (Å²) in [4.78, 5) is 11.2. The molecule has 3 nitrogen and oxygen atoms in total. The highest BCUT2D eigenvalue weighted by atomic mass is 19.1. The molecule has 0 aliphatic heterocycles. The molecule has 0 N–H and O–H groups in total. The number of ether oxygens (including phenoxy) is 2. The van der Waals surface area contributed by atoms with Crippen LogP contribution in [0, 0.1) is 5.82 Å². The zero-order valence-corrected chi connectivity index (χ0v) is 12.3. The van der Waals surface area contributed by atoms with Gasteiger partial charge in [0.05, 0.1) is 6.61 Å². The Morgan fingerprint density at radius 2 is 1.77 bits per heavy atom. The van der Waals surface area contributed by atoms with Gasteiger partial charge >= 0.3 is 5.97 Å². The van der Waals surface area contributed by atoms with Crippen LogP contribution in [-0.4, -0.2) is 12.6 Å². The maximum absolute atomic E-state index is 12.8. The Labute approximate surface area is 129 Å². The minimum Gasteiger partial charge on any atom is -0.489 e. The average Bonchev–Trinajstić information content (AvgIpc) is 2.54. The minimum atomic E-state index is -0.362. The van der Waals surface area contributed by atoms with Gasteiger partial charge in [0, 0.05) is 6.08 Å². The van der Waals surface area contributed by atoms with E-state index < -0.39 is 0 Å². The van der Waals surface area contributed by atoms with Gasteiger partial charge in [0.15, 0.2) is 0 Å². The summed E-state index contributed by atoms with van der Waals surface area (Å²) < 4.78 is 23.2. The third-order valence-corrected chi connectivity index (χ3v) is 2.90. The Bertz CT molecular complexity index is 630. The quantitative estimate of drug-likeness (QED) is 0.598. The number of hydrogen-bond donors (Lipinski definition) is 0. The Kier molecular flexibility index (Phi) is 5.72. The first-order chi connectivity index (χ1) is 10.7. The maximum Gasteiger partial charge on any atom is 0.330 e. The Morgan fingerprint density at radius 3 is 2.41 bits per heavy atom. The molecule has 0 atom stereocenters. The highest BCUT2D eigenvalue weighted by Gasteiger charge is 1.98. The summed E-state index contributed by atoms with van der Waals surface area (Å²) in [7, 11) is 0. The highest BCUT2D eigenvalue weighted by Crippen LogP contribution is 2.15. The van der Waals surface area contributed by atoms with Crippen LogP contribution >= 0.6 is 0 Å². The first-order valence-corrected chi connectivity index (χ1v) is 6.99. The molecule has 0 saturated heterocycles. The van der Waals surface area contributed by atoms with E-state index in [-0.39, 0.29) is 11.8 Å². The van der Waals surface area contributed by atoms with Crippen molar-refractivity contribution in [3.63, 3.8) is 0 Å². The van der Waals surface area contributed by atoms with Gasteiger partial charge in [-0.2, -0.15) is 0 Å². The molecule has 22 heavy (non-hydrogen) atoms. The van der Waals surface area contributed by atoms with Gasteiger partial charge in [-0.15, -0.1) is 0 Å². The fraction of sp³-hybridized carbons (Fsp3) is 0.167. The van der Waals surface area contributed by atoms with Gasteiger partial charge < -0.3 is 9.47 Å². The van der Waals surface area contributed by atoms with E-state index in [1.807, 2.05) is 24.3 Å². The lowest BCUT2D eigenvalue weighted by atomic mass is 10.2. The number of rotatable bonds is 6. The Balaban J connectivity index is 1.89. The molecule has 114 valence electrons. The summed E-state index contributed by atoms with van der Waals surface area (Å²) in [6.45, 7) is 2.50. The van der Waals surface area contributed by atoms with Gasteiger partial charge in [-0.3, -0.25) is 0 Å². The van der Waals surface area contributed by atoms with Crippen LogP contribution in [0.1, 0.15) is 18.1 Å². The second-order valence-corrected chi connectivity index (χ2v) is 4.57. The van der Waals surface area contributed by atoms with Gasteiger partial charge in [-0.1, -0.05) is 24.3 Å². The van der Waals surface area contributed by atoms with Crippen LogP contribution in [0.3, 0.4) is 0 Å². The van der Waals surface area contributed by atoms with Crippen molar-refractivity contribution in [2.45, 2.75) is 13.5 Å². The van der Waals surface area contributed by atoms with E-state index in [0.717, 1.165) is 11.1 Å². The lowest BCUT2D eigenvalue weighted by Crippen LogP contribution is -1.98. The number of carbonyl (C=O) groups is 1. The topological polar surface area (TPSA) is 35.5 Å². The van der Waals surface area contributed by atoms with Gasteiger partial charge in [0.25, 0.3) is 0 Å². The summed E-state index contributed by atoms with van der Waals surface area (Å²) in [6.07, 6.45) is 3.07. The van der Waals surface area contributed by atoms with Gasteiger partial charge in [-0.25, -0.2) is 9.18 Å². The highest BCUT2D eigenvalue weighted by molar-refractivity contribution is 5.87. The first kappa shape index (κ1) is 15.8. The van der Waals surface area contributed by atoms with Crippen molar-refractivity contribution in [2.75, 3.05) is 6.61 Å². The molecule has 2 aromatic carbocycles. The van der Waals surface area contributed by atoms with Gasteiger partial charge in [-0.05, 0) is 48.4 Å². The van der Waals surface area contributed by atoms with Crippen molar-refractivity contribution in [3.05, 3.63) is 71.6 Å². The normalized spacial score (nSPS) is 10.6. The molecule has 0 fully saturated rings. The molecule has 0 bridgehead atoms. The molecule has 0 heterocycles. The van der Waals surface area contributed by atoms with E-state index in [0.29, 0.717) is 19.0 Å².